The van der Waals surface area contributed by atoms with Crippen LogP contribution in [-0.4, -0.2) is 90.1 Å². The first-order chi connectivity index (χ1) is 18.6. The zero-order chi connectivity index (χ0) is 29.5. The number of nitrogens with zero attached hydrogens (tertiary/aromatic N) is 4. The average Bonchev–Trinajstić information content (AvgIpc) is 2.96. The van der Waals surface area contributed by atoms with E-state index in [1.54, 1.807) is 6.08 Å². The number of halogens is 2. The molecule has 4 aliphatic rings. The van der Waals surface area contributed by atoms with Crippen molar-refractivity contribution in [3.63, 3.8) is 0 Å². The Labute approximate surface area is 244 Å². The molecule has 0 aromatic rings. The minimum absolute atomic E-state index is 0.123. The minimum atomic E-state index is -0.888. The molecule has 0 spiro atoms. The van der Waals surface area contributed by atoms with Crippen LogP contribution in [0.25, 0.3) is 21.3 Å². The Bertz CT molecular complexity index is 720. The van der Waals surface area contributed by atoms with Gasteiger partial charge in [0, 0.05) is 0 Å². The Hall–Kier alpha value is -1.76. The van der Waals surface area contributed by atoms with E-state index in [9.17, 15) is 19.2 Å². The molecule has 227 valence electrons. The van der Waals surface area contributed by atoms with Gasteiger partial charge >= 0.3 is 58.4 Å². The van der Waals surface area contributed by atoms with E-state index in [4.69, 9.17) is 39.8 Å². The molecule has 4 rings (SSSR count). The van der Waals surface area contributed by atoms with Crippen molar-refractivity contribution >= 4 is 43.3 Å². The molecule has 4 N–H and O–H groups in total. The molecule has 3 saturated heterocycles. The van der Waals surface area contributed by atoms with Crippen molar-refractivity contribution in [2.24, 2.45) is 17.8 Å². The van der Waals surface area contributed by atoms with Gasteiger partial charge in [0.05, 0.1) is 23.3 Å². The van der Waals surface area contributed by atoms with Crippen molar-refractivity contribution in [1.29, 1.82) is 0 Å². The van der Waals surface area contributed by atoms with Crippen LogP contribution in [0.3, 0.4) is 0 Å². The molecule has 0 aromatic heterocycles. The van der Waals surface area contributed by atoms with Crippen LogP contribution < -0.4 is 0 Å². The van der Waals surface area contributed by atoms with Gasteiger partial charge in [0.1, 0.15) is 0 Å². The summed E-state index contributed by atoms with van der Waals surface area (Å²) in [4.78, 5) is 41.1. The van der Waals surface area contributed by atoms with Crippen LogP contribution in [0, 0.1) is 17.8 Å². The predicted molar refractivity (Wildman–Crippen MR) is 145 cm³/mol. The number of aliphatic carboxylic acids is 4. The quantitative estimate of drug-likeness (QED) is 0.301. The molecule has 0 aliphatic carbocycles. The van der Waals surface area contributed by atoms with E-state index in [0.717, 1.165) is 77.8 Å². The number of rotatable bonds is 4. The zero-order valence-corrected chi connectivity index (χ0v) is 24.6. The average molecular weight is 682 g/mol. The fourth-order valence-electron chi connectivity index (χ4n) is 3.56. The Morgan fingerprint density at radius 2 is 0.974 bits per heavy atom. The van der Waals surface area contributed by atoms with Crippen LogP contribution in [0.2, 0.25) is 0 Å². The second-order valence-corrected chi connectivity index (χ2v) is 11.0. The summed E-state index contributed by atoms with van der Waals surface area (Å²) in [6.07, 6.45) is 8.94. The van der Waals surface area contributed by atoms with Gasteiger partial charge in [0.2, 0.25) is 0 Å². The third kappa shape index (κ3) is 19.9. The summed E-state index contributed by atoms with van der Waals surface area (Å²) in [6, 6.07) is 0. The summed E-state index contributed by atoms with van der Waals surface area (Å²) < 4.78 is 0. The summed E-state index contributed by atoms with van der Waals surface area (Å²) in [5, 5.41) is 49.8. The van der Waals surface area contributed by atoms with Gasteiger partial charge in [-0.05, 0) is 0 Å². The van der Waals surface area contributed by atoms with Crippen molar-refractivity contribution in [3.8, 4) is 0 Å². The van der Waals surface area contributed by atoms with E-state index < -0.39 is 23.9 Å². The first kappa shape index (κ1) is 37.2. The molecular weight excluding hydrogens is 646 g/mol. The Kier molecular flexibility index (Phi) is 23.0. The Morgan fingerprint density at radius 1 is 0.667 bits per heavy atom. The summed E-state index contributed by atoms with van der Waals surface area (Å²) >= 11 is -0.226. The van der Waals surface area contributed by atoms with E-state index in [1.807, 2.05) is 0 Å². The van der Waals surface area contributed by atoms with Gasteiger partial charge in [-0.2, -0.15) is 6.20 Å². The third-order valence-corrected chi connectivity index (χ3v) is 5.88. The van der Waals surface area contributed by atoms with Crippen LogP contribution in [0.4, 0.5) is 0 Å². The monoisotopic (exact) mass is 681 g/mol. The molecule has 0 atom stereocenters. The van der Waals surface area contributed by atoms with E-state index >= 15 is 0 Å². The number of hydrogen-bond acceptors (Lipinski definition) is 4. The Balaban J connectivity index is 0.000000477. The molecule has 0 radical (unpaired) electrons. The standard InChI is InChI=1S/3C6H10NO2.C6H6NO2.2ClH.Rh/c4*8-6(9)5-1-3-7-4-2-5;;;/h3*5H,1-4H2,(H,8,9);1-3H,4H2,(H,8,9);2*1H;/q4*-1;;;+2/p-2. The van der Waals surface area contributed by atoms with E-state index in [1.165, 1.54) is 12.3 Å². The normalized spacial score (nSPS) is 19.4. The number of carbonyl (C=O) groups is 4. The molecular formula is C24H36Cl2N4O8Rh-4. The van der Waals surface area contributed by atoms with Gasteiger partial charge in [0.15, 0.2) is 0 Å². The molecule has 0 bridgehead atoms. The van der Waals surface area contributed by atoms with Crippen LogP contribution in [-0.2, 0) is 34.3 Å². The van der Waals surface area contributed by atoms with Gasteiger partial charge < -0.3 is 41.7 Å². The molecule has 12 nitrogen and oxygen atoms in total. The molecule has 39 heavy (non-hydrogen) atoms. The molecule has 0 aromatic carbocycles. The summed E-state index contributed by atoms with van der Waals surface area (Å²) in [7, 11) is 9.67. The fourth-order valence-corrected chi connectivity index (χ4v) is 3.56. The topological polar surface area (TPSA) is 206 Å². The molecule has 0 saturated carbocycles. The molecule has 3 fully saturated rings. The van der Waals surface area contributed by atoms with Crippen molar-refractivity contribution in [2.75, 3.05) is 45.8 Å². The Morgan fingerprint density at radius 3 is 1.13 bits per heavy atom. The maximum absolute atomic E-state index is 10.3. The van der Waals surface area contributed by atoms with E-state index in [-0.39, 0.29) is 32.9 Å². The van der Waals surface area contributed by atoms with Crippen LogP contribution in [0.15, 0.2) is 23.9 Å². The first-order valence-electron chi connectivity index (χ1n) is 12.3. The van der Waals surface area contributed by atoms with E-state index in [2.05, 4.69) is 21.3 Å². The predicted octanol–water partition coefficient (Wildman–Crippen LogP) is 4.84. The first-order valence-corrected chi connectivity index (χ1v) is 16.5. The van der Waals surface area contributed by atoms with E-state index in [0.29, 0.717) is 12.1 Å². The van der Waals surface area contributed by atoms with Gasteiger partial charge in [-0.25, -0.2) is 4.79 Å². The summed E-state index contributed by atoms with van der Waals surface area (Å²) in [5.41, 5.74) is 0.324. The van der Waals surface area contributed by atoms with Gasteiger partial charge in [0.25, 0.3) is 0 Å². The van der Waals surface area contributed by atoms with Crippen LogP contribution >= 0.6 is 19.4 Å². The summed E-state index contributed by atoms with van der Waals surface area (Å²) in [6.45, 7) is 4.88. The summed E-state index contributed by atoms with van der Waals surface area (Å²) in [5.74, 6) is -3.24. The van der Waals surface area contributed by atoms with Gasteiger partial charge in [-0.3, -0.25) is 14.4 Å². The molecule has 15 heteroatoms. The van der Waals surface area contributed by atoms with Crippen LogP contribution in [0.5, 0.6) is 0 Å². The van der Waals surface area contributed by atoms with Crippen molar-refractivity contribution in [2.45, 2.75) is 38.5 Å². The fraction of sp³-hybridized carbons (Fsp3) is 0.667. The number of carboxylic acid groups (broad SMARTS) is 4. The molecule has 4 aliphatic heterocycles. The molecule has 0 amide bonds. The van der Waals surface area contributed by atoms with Crippen LogP contribution in [0.1, 0.15) is 38.5 Å². The second-order valence-electron chi connectivity index (χ2n) is 8.54. The molecule has 0 unspecified atom stereocenters. The van der Waals surface area contributed by atoms with Gasteiger partial charge in [-0.1, -0.05) is 50.7 Å². The zero-order valence-electron chi connectivity index (χ0n) is 21.5. The molecule has 4 heterocycles. The number of piperidine rings is 3. The number of carboxylic acids is 4. The second kappa shape index (κ2) is 24.1. The maximum atomic E-state index is 10.3. The SMILES string of the molecule is O=C(O)C1=CC[N-]C=C1.O=C(O)C1CC[N-]CC1.O=C(O)C1CC[N-]CC1.O=C(O)C1CC[N-]CC1.[Cl][Rh][Cl]. The van der Waals surface area contributed by atoms with Crippen molar-refractivity contribution in [3.05, 3.63) is 45.2 Å². The van der Waals surface area contributed by atoms with Gasteiger partial charge in [-0.15, -0.1) is 45.8 Å². The third-order valence-electron chi connectivity index (χ3n) is 5.88. The van der Waals surface area contributed by atoms with Crippen molar-refractivity contribution < 1.29 is 54.7 Å². The number of hydrogen-bond donors (Lipinski definition) is 4. The van der Waals surface area contributed by atoms with Crippen molar-refractivity contribution in [1.82, 2.24) is 0 Å².